The highest BCUT2D eigenvalue weighted by Gasteiger charge is 2.15. The van der Waals surface area contributed by atoms with Crippen LogP contribution < -0.4 is 0 Å². The number of benzene rings is 1. The highest BCUT2D eigenvalue weighted by atomic mass is 16.3. The lowest BCUT2D eigenvalue weighted by molar-refractivity contribution is 0.143. The smallest absolute Gasteiger partial charge is 0.140 e. The second kappa shape index (κ2) is 6.38. The van der Waals surface area contributed by atoms with E-state index in [0.29, 0.717) is 0 Å². The number of aliphatic hydroxyl groups is 1. The van der Waals surface area contributed by atoms with Crippen LogP contribution in [0.3, 0.4) is 0 Å². The number of aromatic nitrogens is 2. The zero-order valence-corrected chi connectivity index (χ0v) is 14.0. The van der Waals surface area contributed by atoms with Crippen LogP contribution in [-0.4, -0.2) is 20.3 Å². The molecular formula is C20H20N2O2. The molecule has 0 saturated heterocycles. The predicted molar refractivity (Wildman–Crippen MR) is 93.4 cm³/mol. The minimum absolute atomic E-state index is 0.0622. The Morgan fingerprint density at radius 3 is 2.58 bits per heavy atom. The maximum Gasteiger partial charge on any atom is 0.140 e. The topological polar surface area (TPSA) is 51.2 Å². The van der Waals surface area contributed by atoms with Crippen LogP contribution in [0, 0.1) is 11.8 Å². The summed E-state index contributed by atoms with van der Waals surface area (Å²) in [5, 5.41) is 9.68. The number of furan rings is 1. The van der Waals surface area contributed by atoms with E-state index in [1.807, 2.05) is 42.6 Å². The third-order valence-electron chi connectivity index (χ3n) is 3.70. The van der Waals surface area contributed by atoms with E-state index < -0.39 is 5.60 Å². The number of nitrogens with zero attached hydrogens (tertiary/aromatic N) is 2. The van der Waals surface area contributed by atoms with Gasteiger partial charge in [-0.1, -0.05) is 24.0 Å². The molecule has 0 radical (unpaired) electrons. The summed E-state index contributed by atoms with van der Waals surface area (Å²) in [5.74, 6) is 7.55. The van der Waals surface area contributed by atoms with Crippen molar-refractivity contribution in [3.8, 4) is 23.2 Å². The van der Waals surface area contributed by atoms with Gasteiger partial charge in [0.15, 0.2) is 0 Å². The van der Waals surface area contributed by atoms with E-state index in [-0.39, 0.29) is 6.04 Å². The van der Waals surface area contributed by atoms with Gasteiger partial charge in [0.1, 0.15) is 17.2 Å². The van der Waals surface area contributed by atoms with Crippen LogP contribution in [0.4, 0.5) is 0 Å². The average Bonchev–Trinajstić information content (AvgIpc) is 3.23. The van der Waals surface area contributed by atoms with Gasteiger partial charge >= 0.3 is 0 Å². The second-order valence-corrected chi connectivity index (χ2v) is 6.24. The van der Waals surface area contributed by atoms with Crippen LogP contribution in [0.5, 0.6) is 0 Å². The maximum atomic E-state index is 9.68. The molecule has 0 fully saturated rings. The largest absolute Gasteiger partial charge is 0.467 e. The minimum atomic E-state index is -0.993. The van der Waals surface area contributed by atoms with Crippen molar-refractivity contribution in [2.75, 3.05) is 0 Å². The van der Waals surface area contributed by atoms with Gasteiger partial charge in [0.2, 0.25) is 0 Å². The van der Waals surface area contributed by atoms with Gasteiger partial charge in [0, 0.05) is 23.5 Å². The Morgan fingerprint density at radius 2 is 1.96 bits per heavy atom. The number of hydrogen-bond acceptors (Lipinski definition) is 3. The fraction of sp³-hybridized carbons (Fsp3) is 0.250. The molecule has 0 bridgehead atoms. The normalized spacial score (nSPS) is 12.5. The Kier molecular flexibility index (Phi) is 4.28. The summed E-state index contributed by atoms with van der Waals surface area (Å²) in [7, 11) is 0. The average molecular weight is 320 g/mol. The Hall–Kier alpha value is -2.77. The molecule has 4 nitrogen and oxygen atoms in total. The molecule has 4 heteroatoms. The van der Waals surface area contributed by atoms with Crippen molar-refractivity contribution in [1.29, 1.82) is 0 Å². The molecule has 122 valence electrons. The SMILES string of the molecule is CC(c1ccco1)n1ccnc1-c1ccc(C#CC(C)(C)O)cc1. The van der Waals surface area contributed by atoms with E-state index >= 15 is 0 Å². The molecule has 0 spiro atoms. The van der Waals surface area contributed by atoms with Crippen molar-refractivity contribution in [1.82, 2.24) is 9.55 Å². The van der Waals surface area contributed by atoms with Crippen molar-refractivity contribution in [2.45, 2.75) is 32.4 Å². The van der Waals surface area contributed by atoms with Crippen molar-refractivity contribution >= 4 is 0 Å². The molecule has 2 heterocycles. The van der Waals surface area contributed by atoms with Crippen LogP contribution in [0.15, 0.2) is 59.5 Å². The first-order chi connectivity index (χ1) is 11.4. The Labute approximate surface area is 141 Å². The van der Waals surface area contributed by atoms with Gasteiger partial charge in [0.25, 0.3) is 0 Å². The summed E-state index contributed by atoms with van der Waals surface area (Å²) >= 11 is 0. The Bertz CT molecular complexity index is 857. The zero-order valence-electron chi connectivity index (χ0n) is 14.0. The van der Waals surface area contributed by atoms with Crippen molar-refractivity contribution < 1.29 is 9.52 Å². The molecule has 0 saturated carbocycles. The second-order valence-electron chi connectivity index (χ2n) is 6.24. The standard InChI is InChI=1S/C20H20N2O2/c1-15(18-5-4-14-24-18)22-13-12-21-19(22)17-8-6-16(7-9-17)10-11-20(2,3)23/h4-9,12-15,23H,1-3H3. The molecule has 1 unspecified atom stereocenters. The fourth-order valence-electron chi connectivity index (χ4n) is 2.44. The van der Waals surface area contributed by atoms with Gasteiger partial charge in [-0.15, -0.1) is 0 Å². The number of rotatable bonds is 3. The van der Waals surface area contributed by atoms with E-state index in [1.165, 1.54) is 0 Å². The molecule has 1 aromatic carbocycles. The van der Waals surface area contributed by atoms with E-state index in [0.717, 1.165) is 22.7 Å². The van der Waals surface area contributed by atoms with Gasteiger partial charge in [-0.25, -0.2) is 4.98 Å². The lowest BCUT2D eigenvalue weighted by atomic mass is 10.1. The van der Waals surface area contributed by atoms with Crippen LogP contribution in [0.2, 0.25) is 0 Å². The lowest BCUT2D eigenvalue weighted by Crippen LogP contribution is -2.14. The predicted octanol–water partition coefficient (Wildman–Crippen LogP) is 3.87. The maximum absolute atomic E-state index is 9.68. The first-order valence-electron chi connectivity index (χ1n) is 7.86. The zero-order chi connectivity index (χ0) is 17.2. The summed E-state index contributed by atoms with van der Waals surface area (Å²) in [6, 6.07) is 11.8. The molecule has 2 aromatic heterocycles. The van der Waals surface area contributed by atoms with Crippen LogP contribution >= 0.6 is 0 Å². The van der Waals surface area contributed by atoms with Crippen LogP contribution in [0.25, 0.3) is 11.4 Å². The molecule has 3 aromatic rings. The van der Waals surface area contributed by atoms with Gasteiger partial charge < -0.3 is 14.1 Å². The quantitative estimate of drug-likeness (QED) is 0.745. The van der Waals surface area contributed by atoms with Crippen LogP contribution in [0.1, 0.15) is 38.1 Å². The first kappa shape index (κ1) is 16.1. The lowest BCUT2D eigenvalue weighted by Gasteiger charge is -2.14. The van der Waals surface area contributed by atoms with Gasteiger partial charge in [-0.3, -0.25) is 0 Å². The Balaban J connectivity index is 1.88. The Morgan fingerprint density at radius 1 is 1.21 bits per heavy atom. The summed E-state index contributed by atoms with van der Waals surface area (Å²) in [6.07, 6.45) is 5.42. The molecule has 1 atom stereocenters. The third-order valence-corrected chi connectivity index (χ3v) is 3.70. The third kappa shape index (κ3) is 3.58. The molecule has 24 heavy (non-hydrogen) atoms. The molecule has 0 aliphatic heterocycles. The molecular weight excluding hydrogens is 300 g/mol. The number of hydrogen-bond donors (Lipinski definition) is 1. The van der Waals surface area contributed by atoms with Gasteiger partial charge in [-0.2, -0.15) is 0 Å². The molecule has 0 aliphatic carbocycles. The summed E-state index contributed by atoms with van der Waals surface area (Å²) in [6.45, 7) is 5.41. The van der Waals surface area contributed by atoms with Gasteiger partial charge in [0.05, 0.1) is 12.3 Å². The van der Waals surface area contributed by atoms with E-state index in [4.69, 9.17) is 4.42 Å². The molecule has 3 rings (SSSR count). The minimum Gasteiger partial charge on any atom is -0.467 e. The molecule has 1 N–H and O–H groups in total. The van der Waals surface area contributed by atoms with Crippen LogP contribution in [-0.2, 0) is 0 Å². The van der Waals surface area contributed by atoms with E-state index in [9.17, 15) is 5.11 Å². The van der Waals surface area contributed by atoms with Gasteiger partial charge in [-0.05, 0) is 45.0 Å². The number of imidazole rings is 1. The fourth-order valence-corrected chi connectivity index (χ4v) is 2.44. The molecule has 0 amide bonds. The summed E-state index contributed by atoms with van der Waals surface area (Å²) < 4.78 is 7.58. The molecule has 0 aliphatic rings. The highest BCUT2D eigenvalue weighted by Crippen LogP contribution is 2.25. The highest BCUT2D eigenvalue weighted by molar-refractivity contribution is 5.58. The summed E-state index contributed by atoms with van der Waals surface area (Å²) in [4.78, 5) is 4.48. The monoisotopic (exact) mass is 320 g/mol. The van der Waals surface area contributed by atoms with E-state index in [2.05, 4.69) is 28.3 Å². The van der Waals surface area contributed by atoms with E-state index in [1.54, 1.807) is 26.3 Å². The first-order valence-corrected chi connectivity index (χ1v) is 7.86. The van der Waals surface area contributed by atoms with Crippen molar-refractivity contribution in [3.63, 3.8) is 0 Å². The van der Waals surface area contributed by atoms with Crippen molar-refractivity contribution in [2.24, 2.45) is 0 Å². The summed E-state index contributed by atoms with van der Waals surface area (Å²) in [5.41, 5.74) is 0.873. The van der Waals surface area contributed by atoms with Crippen molar-refractivity contribution in [3.05, 3.63) is 66.4 Å².